The van der Waals surface area contributed by atoms with Crippen molar-refractivity contribution in [3.8, 4) is 0 Å². The normalized spacial score (nSPS) is 23.7. The van der Waals surface area contributed by atoms with Gasteiger partial charge in [-0.05, 0) is 42.9 Å². The number of carbonyl (C=O) groups is 1. The highest BCUT2D eigenvalue weighted by atomic mass is 16.3. The van der Waals surface area contributed by atoms with Crippen LogP contribution >= 0.6 is 0 Å². The number of hydrogen-bond acceptors (Lipinski definition) is 2. The van der Waals surface area contributed by atoms with Gasteiger partial charge < -0.3 is 9.73 Å². The number of benzene rings is 1. The summed E-state index contributed by atoms with van der Waals surface area (Å²) in [5, 5.41) is 3.12. The van der Waals surface area contributed by atoms with Crippen LogP contribution in [0, 0.1) is 5.92 Å². The molecule has 0 bridgehead atoms. The number of hydrogen-bond donors (Lipinski definition) is 1. The summed E-state index contributed by atoms with van der Waals surface area (Å²) < 4.78 is 5.88. The van der Waals surface area contributed by atoms with Crippen molar-refractivity contribution in [1.29, 1.82) is 0 Å². The first kappa shape index (κ1) is 15.5. The van der Waals surface area contributed by atoms with Gasteiger partial charge in [0.1, 0.15) is 11.5 Å². The molecule has 2 aromatic rings. The number of rotatable bonds is 7. The number of furan rings is 1. The molecule has 2 unspecified atom stereocenters. The molecule has 3 heteroatoms. The number of carbonyl (C=O) groups excluding carboxylic acids is 1. The Balaban J connectivity index is 1.25. The largest absolute Gasteiger partial charge is 0.466 e. The summed E-state index contributed by atoms with van der Waals surface area (Å²) in [4.78, 5) is 12.2. The SMILES string of the molecule is CC1CC1c1ccc(CCC(=O)NCC2(c3ccccc3)CC2)o1. The second-order valence-electron chi connectivity index (χ2n) is 7.55. The van der Waals surface area contributed by atoms with Crippen LogP contribution in [0.5, 0.6) is 0 Å². The Hall–Kier alpha value is -2.03. The highest BCUT2D eigenvalue weighted by Crippen LogP contribution is 2.48. The van der Waals surface area contributed by atoms with Crippen LogP contribution in [-0.2, 0) is 16.6 Å². The monoisotopic (exact) mass is 323 g/mol. The minimum Gasteiger partial charge on any atom is -0.466 e. The van der Waals surface area contributed by atoms with Crippen molar-refractivity contribution in [3.05, 3.63) is 59.5 Å². The van der Waals surface area contributed by atoms with Gasteiger partial charge in [0.05, 0.1) is 0 Å². The fraction of sp³-hybridized carbons (Fsp3) is 0.476. The van der Waals surface area contributed by atoms with Crippen LogP contribution in [0.2, 0.25) is 0 Å². The number of nitrogens with one attached hydrogen (secondary N) is 1. The lowest BCUT2D eigenvalue weighted by molar-refractivity contribution is -0.121. The van der Waals surface area contributed by atoms with E-state index < -0.39 is 0 Å². The quantitative estimate of drug-likeness (QED) is 0.830. The second-order valence-corrected chi connectivity index (χ2v) is 7.55. The molecule has 0 aliphatic heterocycles. The van der Waals surface area contributed by atoms with E-state index >= 15 is 0 Å². The molecule has 0 spiro atoms. The van der Waals surface area contributed by atoms with Crippen LogP contribution in [0.4, 0.5) is 0 Å². The van der Waals surface area contributed by atoms with Gasteiger partial charge in [0.15, 0.2) is 0 Å². The van der Waals surface area contributed by atoms with Crippen molar-refractivity contribution in [3.63, 3.8) is 0 Å². The lowest BCUT2D eigenvalue weighted by Crippen LogP contribution is -2.32. The topological polar surface area (TPSA) is 42.2 Å². The third-order valence-corrected chi connectivity index (χ3v) is 5.62. The molecule has 2 fully saturated rings. The first-order valence-electron chi connectivity index (χ1n) is 9.07. The standard InChI is InChI=1S/C21H25NO2/c1-15-13-18(15)19-9-7-17(24-19)8-10-20(23)22-14-21(11-12-21)16-5-3-2-4-6-16/h2-7,9,15,18H,8,10-14H2,1H3,(H,22,23). The van der Waals surface area contributed by atoms with Gasteiger partial charge in [-0.1, -0.05) is 37.3 Å². The molecule has 0 radical (unpaired) electrons. The molecule has 2 atom stereocenters. The molecule has 2 aliphatic rings. The summed E-state index contributed by atoms with van der Waals surface area (Å²) in [5.41, 5.74) is 1.52. The molecule has 1 aromatic carbocycles. The lowest BCUT2D eigenvalue weighted by atomic mass is 9.96. The Morgan fingerprint density at radius 1 is 1.21 bits per heavy atom. The van der Waals surface area contributed by atoms with Gasteiger partial charge in [-0.15, -0.1) is 0 Å². The fourth-order valence-corrected chi connectivity index (χ4v) is 3.55. The first-order chi connectivity index (χ1) is 11.7. The summed E-state index contributed by atoms with van der Waals surface area (Å²) >= 11 is 0. The lowest BCUT2D eigenvalue weighted by Gasteiger charge is -2.16. The summed E-state index contributed by atoms with van der Waals surface area (Å²) in [7, 11) is 0. The predicted octanol–water partition coefficient (Wildman–Crippen LogP) is 4.18. The third-order valence-electron chi connectivity index (χ3n) is 5.62. The van der Waals surface area contributed by atoms with E-state index in [1.165, 1.54) is 24.8 Å². The van der Waals surface area contributed by atoms with Crippen molar-refractivity contribution in [2.45, 2.75) is 50.4 Å². The Morgan fingerprint density at radius 3 is 2.62 bits per heavy atom. The Morgan fingerprint density at radius 2 is 1.96 bits per heavy atom. The summed E-state index contributed by atoms with van der Waals surface area (Å²) in [6.45, 7) is 3.00. The second kappa shape index (κ2) is 6.12. The molecular weight excluding hydrogens is 298 g/mol. The van der Waals surface area contributed by atoms with Gasteiger partial charge in [-0.25, -0.2) is 0 Å². The van der Waals surface area contributed by atoms with Crippen molar-refractivity contribution < 1.29 is 9.21 Å². The first-order valence-corrected chi connectivity index (χ1v) is 9.07. The van der Waals surface area contributed by atoms with Crippen LogP contribution < -0.4 is 5.32 Å². The van der Waals surface area contributed by atoms with Gasteiger partial charge in [0, 0.05) is 30.7 Å². The van der Waals surface area contributed by atoms with E-state index in [0.717, 1.165) is 24.0 Å². The summed E-state index contributed by atoms with van der Waals surface area (Å²) in [6, 6.07) is 14.6. The predicted molar refractivity (Wildman–Crippen MR) is 93.9 cm³/mol. The zero-order valence-corrected chi connectivity index (χ0v) is 14.3. The van der Waals surface area contributed by atoms with Crippen LogP contribution in [-0.4, -0.2) is 12.5 Å². The minimum atomic E-state index is 0.120. The molecule has 1 heterocycles. The highest BCUT2D eigenvalue weighted by Gasteiger charge is 2.44. The van der Waals surface area contributed by atoms with Crippen molar-refractivity contribution >= 4 is 5.91 Å². The molecule has 1 aromatic heterocycles. The van der Waals surface area contributed by atoms with Gasteiger partial charge in [-0.3, -0.25) is 4.79 Å². The minimum absolute atomic E-state index is 0.120. The number of aryl methyl sites for hydroxylation is 1. The van der Waals surface area contributed by atoms with Gasteiger partial charge >= 0.3 is 0 Å². The van der Waals surface area contributed by atoms with Crippen LogP contribution in [0.3, 0.4) is 0 Å². The maximum atomic E-state index is 12.2. The zero-order valence-electron chi connectivity index (χ0n) is 14.3. The van der Waals surface area contributed by atoms with E-state index in [4.69, 9.17) is 4.42 Å². The average molecular weight is 323 g/mol. The van der Waals surface area contributed by atoms with E-state index in [2.05, 4.69) is 42.6 Å². The van der Waals surface area contributed by atoms with E-state index in [-0.39, 0.29) is 11.3 Å². The molecular formula is C21H25NO2. The summed E-state index contributed by atoms with van der Waals surface area (Å²) in [5.74, 6) is 3.51. The average Bonchev–Trinajstić information content (AvgIpc) is 3.50. The van der Waals surface area contributed by atoms with Crippen molar-refractivity contribution in [1.82, 2.24) is 5.32 Å². The molecule has 2 aliphatic carbocycles. The van der Waals surface area contributed by atoms with Crippen LogP contribution in [0.15, 0.2) is 46.9 Å². The van der Waals surface area contributed by atoms with Crippen molar-refractivity contribution in [2.75, 3.05) is 6.54 Å². The third kappa shape index (κ3) is 3.26. The van der Waals surface area contributed by atoms with E-state index in [1.54, 1.807) is 0 Å². The molecule has 4 rings (SSSR count). The van der Waals surface area contributed by atoms with Crippen LogP contribution in [0.1, 0.15) is 55.6 Å². The molecule has 1 N–H and O–H groups in total. The maximum Gasteiger partial charge on any atom is 0.220 e. The van der Waals surface area contributed by atoms with E-state index in [1.807, 2.05) is 12.1 Å². The van der Waals surface area contributed by atoms with Gasteiger partial charge in [0.25, 0.3) is 0 Å². The maximum absolute atomic E-state index is 12.2. The molecule has 1 amide bonds. The molecule has 126 valence electrons. The molecule has 2 saturated carbocycles. The Bertz CT molecular complexity index is 714. The molecule has 3 nitrogen and oxygen atoms in total. The number of amides is 1. The highest BCUT2D eigenvalue weighted by molar-refractivity contribution is 5.76. The van der Waals surface area contributed by atoms with Crippen LogP contribution in [0.25, 0.3) is 0 Å². The van der Waals surface area contributed by atoms with E-state index in [0.29, 0.717) is 18.8 Å². The fourth-order valence-electron chi connectivity index (χ4n) is 3.55. The van der Waals surface area contributed by atoms with Crippen molar-refractivity contribution in [2.24, 2.45) is 5.92 Å². The molecule has 24 heavy (non-hydrogen) atoms. The van der Waals surface area contributed by atoms with E-state index in [9.17, 15) is 4.79 Å². The Labute approximate surface area is 143 Å². The van der Waals surface area contributed by atoms with Gasteiger partial charge in [-0.2, -0.15) is 0 Å². The smallest absolute Gasteiger partial charge is 0.220 e. The summed E-state index contributed by atoms with van der Waals surface area (Å²) in [6.07, 6.45) is 4.75. The molecule has 0 saturated heterocycles. The zero-order chi connectivity index (χ0) is 16.6. The van der Waals surface area contributed by atoms with Gasteiger partial charge in [0.2, 0.25) is 5.91 Å². The Kier molecular flexibility index (Phi) is 3.95.